The normalized spacial score (nSPS) is 11.2. The van der Waals surface area contributed by atoms with Crippen LogP contribution in [0.5, 0.6) is 0 Å². The van der Waals surface area contributed by atoms with Crippen molar-refractivity contribution in [3.05, 3.63) is 154 Å². The van der Waals surface area contributed by atoms with E-state index in [1.54, 1.807) is 43.3 Å². The maximum Gasteiger partial charge on any atom is 0.255 e. The number of halogens is 1. The van der Waals surface area contributed by atoms with Crippen LogP contribution in [0.1, 0.15) is 101 Å². The fourth-order valence-corrected chi connectivity index (χ4v) is 6.20. The van der Waals surface area contributed by atoms with Gasteiger partial charge in [0.2, 0.25) is 11.8 Å². The smallest absolute Gasteiger partial charge is 0.255 e. The number of carbonyl (C=O) groups is 4. The summed E-state index contributed by atoms with van der Waals surface area (Å²) in [6, 6.07) is 34.0. The summed E-state index contributed by atoms with van der Waals surface area (Å²) in [6.45, 7) is 9.77. The van der Waals surface area contributed by atoms with Gasteiger partial charge in [-0.2, -0.15) is 0 Å². The number of carbonyl (C=O) groups excluding carboxylic acids is 4. The largest absolute Gasteiger partial charge is 0.397 e. The molecule has 5 aromatic rings. The van der Waals surface area contributed by atoms with E-state index in [0.29, 0.717) is 46.7 Å². The number of benzene rings is 5. The lowest BCUT2D eigenvalue weighted by Gasteiger charge is -2.21. The molecule has 0 heterocycles. The van der Waals surface area contributed by atoms with Gasteiger partial charge in [0.05, 0.1) is 17.3 Å². The van der Waals surface area contributed by atoms with E-state index in [1.165, 1.54) is 12.1 Å². The summed E-state index contributed by atoms with van der Waals surface area (Å²) >= 11 is 0. The Morgan fingerprint density at radius 1 is 0.625 bits per heavy atom. The molecular weight excluding hydrogens is 704 g/mol. The van der Waals surface area contributed by atoms with Crippen LogP contribution in [0.4, 0.5) is 27.1 Å². The van der Waals surface area contributed by atoms with Crippen molar-refractivity contribution in [2.45, 2.75) is 79.1 Å². The lowest BCUT2D eigenvalue weighted by atomic mass is 9.87. The number of aryl methyl sites for hydroxylation is 3. The molecule has 0 aliphatic heterocycles. The van der Waals surface area contributed by atoms with E-state index in [9.17, 15) is 23.6 Å². The number of hydrogen-bond donors (Lipinski definition) is 4. The maximum absolute atomic E-state index is 13.1. The zero-order chi connectivity index (χ0) is 40.6. The predicted molar refractivity (Wildman–Crippen MR) is 226 cm³/mol. The Hall–Kier alpha value is -6.09. The fourth-order valence-electron chi connectivity index (χ4n) is 6.20. The quantitative estimate of drug-likeness (QED) is 0.0480. The molecule has 1 atom stereocenters. The van der Waals surface area contributed by atoms with Crippen LogP contribution in [0.2, 0.25) is 0 Å². The van der Waals surface area contributed by atoms with Gasteiger partial charge in [-0.15, -0.1) is 0 Å². The van der Waals surface area contributed by atoms with E-state index < -0.39 is 0 Å². The van der Waals surface area contributed by atoms with Crippen LogP contribution < -0.4 is 21.7 Å². The highest BCUT2D eigenvalue weighted by Crippen LogP contribution is 2.27. The van der Waals surface area contributed by atoms with Gasteiger partial charge in [-0.25, -0.2) is 4.39 Å². The van der Waals surface area contributed by atoms with Crippen LogP contribution in [0.25, 0.3) is 0 Å². The van der Waals surface area contributed by atoms with E-state index in [-0.39, 0.29) is 41.2 Å². The van der Waals surface area contributed by atoms with E-state index in [4.69, 9.17) is 5.73 Å². The van der Waals surface area contributed by atoms with Crippen LogP contribution in [0, 0.1) is 32.5 Å². The van der Waals surface area contributed by atoms with Crippen molar-refractivity contribution in [2.24, 2.45) is 5.92 Å². The third-order valence-corrected chi connectivity index (χ3v) is 9.37. The van der Waals surface area contributed by atoms with Gasteiger partial charge in [0.25, 0.3) is 5.91 Å². The summed E-state index contributed by atoms with van der Waals surface area (Å²) in [5.41, 5.74) is 13.5. The van der Waals surface area contributed by atoms with Gasteiger partial charge in [0.15, 0.2) is 5.78 Å². The summed E-state index contributed by atoms with van der Waals surface area (Å²) < 4.78 is 13.1. The number of nitrogens with one attached hydrogen (secondary N) is 3. The van der Waals surface area contributed by atoms with E-state index in [1.807, 2.05) is 94.4 Å². The van der Waals surface area contributed by atoms with Gasteiger partial charge in [-0.05, 0) is 111 Å². The van der Waals surface area contributed by atoms with Gasteiger partial charge < -0.3 is 21.7 Å². The van der Waals surface area contributed by atoms with Gasteiger partial charge in [-0.3, -0.25) is 19.2 Å². The van der Waals surface area contributed by atoms with Crippen molar-refractivity contribution < 1.29 is 23.6 Å². The minimum Gasteiger partial charge on any atom is -0.397 e. The molecule has 0 fully saturated rings. The minimum atomic E-state index is -0.305. The molecule has 56 heavy (non-hydrogen) atoms. The number of nitrogens with two attached hydrogens (primary N) is 1. The number of amides is 3. The Labute approximate surface area is 330 Å². The topological polar surface area (TPSA) is 130 Å². The Bertz CT molecular complexity index is 2080. The van der Waals surface area contributed by atoms with Gasteiger partial charge in [0.1, 0.15) is 5.82 Å². The number of ketones is 1. The monoisotopic (exact) mass is 756 g/mol. The zero-order valence-electron chi connectivity index (χ0n) is 33.0. The molecule has 5 aromatic carbocycles. The zero-order valence-corrected chi connectivity index (χ0v) is 33.0. The number of hydrogen-bond acceptors (Lipinski definition) is 5. The highest BCUT2D eigenvalue weighted by molar-refractivity contribution is 6.06. The Morgan fingerprint density at radius 2 is 1.23 bits per heavy atom. The number of rotatable bonds is 15. The van der Waals surface area contributed by atoms with Crippen LogP contribution in [-0.4, -0.2) is 23.5 Å². The maximum atomic E-state index is 13.1. The standard InChI is InChI=1S/C25H27N3O2.C22H26FNO2/c1-16(2)23(18-7-5-4-6-8-18)25(30)27-20-12-10-19(11-13-20)24(29)28-22-14-9-17(3)15-21(22)26;1-16-9-11-18(12-10-16)21(25)7-5-3-4-6-8-22(26)24-20-14-13-19(23)15-17(20)2/h4-16,23H,26H2,1-3H3,(H,27,30)(H,28,29);9-15H,3-8H2,1-2H3,(H,24,26)/t23-;/m1./s1. The first-order valence-corrected chi connectivity index (χ1v) is 19.1. The SMILES string of the molecule is Cc1ccc(C(=O)CCCCCCC(=O)Nc2ccc(F)cc2C)cc1.Cc1ccc(NC(=O)c2ccc(NC(=O)[C@@H](c3ccccc3)C(C)C)cc2)c(N)c1. The molecule has 0 aliphatic carbocycles. The van der Waals surface area contributed by atoms with Gasteiger partial charge in [0, 0.05) is 35.3 Å². The molecule has 0 bridgehead atoms. The molecule has 5 rings (SSSR count). The molecule has 292 valence electrons. The number of Topliss-reactive ketones (excluding diaryl/α,β-unsaturated/α-hetero) is 1. The first-order valence-electron chi connectivity index (χ1n) is 19.1. The van der Waals surface area contributed by atoms with Crippen molar-refractivity contribution in [2.75, 3.05) is 21.7 Å². The Kier molecular flexibility index (Phi) is 16.1. The van der Waals surface area contributed by atoms with E-state index in [2.05, 4.69) is 16.0 Å². The van der Waals surface area contributed by atoms with E-state index >= 15 is 0 Å². The molecule has 0 spiro atoms. The molecular formula is C47H53FN4O4. The Balaban J connectivity index is 0.000000251. The second-order valence-corrected chi connectivity index (χ2v) is 14.5. The average Bonchev–Trinajstić information content (AvgIpc) is 3.16. The molecule has 0 saturated heterocycles. The highest BCUT2D eigenvalue weighted by Gasteiger charge is 2.24. The molecule has 0 unspecified atom stereocenters. The first kappa shape index (κ1) is 42.6. The summed E-state index contributed by atoms with van der Waals surface area (Å²) in [4.78, 5) is 49.4. The summed E-state index contributed by atoms with van der Waals surface area (Å²) in [5.74, 6) is -0.615. The molecule has 0 radical (unpaired) electrons. The first-order chi connectivity index (χ1) is 26.8. The summed E-state index contributed by atoms with van der Waals surface area (Å²) in [6.07, 6.45) is 4.44. The average molecular weight is 757 g/mol. The van der Waals surface area contributed by atoms with Crippen molar-refractivity contribution in [1.82, 2.24) is 0 Å². The van der Waals surface area contributed by atoms with Gasteiger partial charge >= 0.3 is 0 Å². The fraction of sp³-hybridized carbons (Fsp3) is 0.277. The number of anilines is 4. The third-order valence-electron chi connectivity index (χ3n) is 9.37. The summed E-state index contributed by atoms with van der Waals surface area (Å²) in [5, 5.41) is 8.59. The lowest BCUT2D eigenvalue weighted by Crippen LogP contribution is -2.25. The van der Waals surface area contributed by atoms with Crippen LogP contribution in [0.3, 0.4) is 0 Å². The van der Waals surface area contributed by atoms with Crippen molar-refractivity contribution in [1.29, 1.82) is 0 Å². The number of unbranched alkanes of at least 4 members (excludes halogenated alkanes) is 3. The Morgan fingerprint density at radius 3 is 1.86 bits per heavy atom. The van der Waals surface area contributed by atoms with Crippen LogP contribution >= 0.6 is 0 Å². The van der Waals surface area contributed by atoms with Crippen molar-refractivity contribution in [3.8, 4) is 0 Å². The van der Waals surface area contributed by atoms with E-state index in [0.717, 1.165) is 47.9 Å². The molecule has 3 amide bonds. The minimum absolute atomic E-state index is 0.0598. The number of nitrogen functional groups attached to an aromatic ring is 1. The molecule has 8 nitrogen and oxygen atoms in total. The van der Waals surface area contributed by atoms with Crippen molar-refractivity contribution >= 4 is 46.3 Å². The molecule has 0 saturated carbocycles. The van der Waals surface area contributed by atoms with Crippen LogP contribution in [0.15, 0.2) is 115 Å². The molecule has 9 heteroatoms. The third kappa shape index (κ3) is 13.3. The molecule has 0 aromatic heterocycles. The second-order valence-electron chi connectivity index (χ2n) is 14.5. The highest BCUT2D eigenvalue weighted by atomic mass is 19.1. The summed E-state index contributed by atoms with van der Waals surface area (Å²) in [7, 11) is 0. The second kappa shape index (κ2) is 21.1. The molecule has 5 N–H and O–H groups in total. The molecule has 0 aliphatic rings. The van der Waals surface area contributed by atoms with Crippen LogP contribution in [-0.2, 0) is 9.59 Å². The van der Waals surface area contributed by atoms with Crippen molar-refractivity contribution in [3.63, 3.8) is 0 Å². The predicted octanol–water partition coefficient (Wildman–Crippen LogP) is 10.8. The van der Waals surface area contributed by atoms with Gasteiger partial charge in [-0.1, -0.05) is 92.9 Å². The lowest BCUT2D eigenvalue weighted by molar-refractivity contribution is -0.118.